The summed E-state index contributed by atoms with van der Waals surface area (Å²) in [4.78, 5) is 3.59. The Morgan fingerprint density at radius 2 is 1.58 bits per heavy atom. The number of hydrogen-bond acceptors (Lipinski definition) is 1. The molecule has 1 heterocycles. The minimum absolute atomic E-state index is 0.741. The number of methoxy groups -OCH3 is 1. The van der Waals surface area contributed by atoms with E-state index < -0.39 is 0 Å². The second-order valence-electron chi connectivity index (χ2n) is 6.02. The molecule has 0 unspecified atom stereocenters. The number of fused-ring (bicyclic) bond motifs is 8. The number of halogens is 1. The second kappa shape index (κ2) is 4.89. The fourth-order valence-corrected chi connectivity index (χ4v) is 3.84. The van der Waals surface area contributed by atoms with E-state index in [1.807, 2.05) is 18.2 Å². The summed E-state index contributed by atoms with van der Waals surface area (Å²) in [6.07, 6.45) is 0. The number of benzene rings is 4. The zero-order chi connectivity index (χ0) is 16.3. The van der Waals surface area contributed by atoms with Gasteiger partial charge >= 0.3 is 0 Å². The van der Waals surface area contributed by atoms with Gasteiger partial charge in [0.25, 0.3) is 0 Å². The van der Waals surface area contributed by atoms with Gasteiger partial charge in [0.05, 0.1) is 12.6 Å². The summed E-state index contributed by atoms with van der Waals surface area (Å²) >= 11 is 6.30. The van der Waals surface area contributed by atoms with Crippen LogP contribution in [-0.4, -0.2) is 12.1 Å². The van der Waals surface area contributed by atoms with Crippen LogP contribution in [0.1, 0.15) is 0 Å². The van der Waals surface area contributed by atoms with Crippen LogP contribution in [0.15, 0.2) is 60.7 Å². The second-order valence-corrected chi connectivity index (χ2v) is 6.46. The lowest BCUT2D eigenvalue weighted by Gasteiger charge is -2.09. The minimum atomic E-state index is 0.741. The Kier molecular flexibility index (Phi) is 2.79. The number of H-pyrrole nitrogens is 1. The third-order valence-electron chi connectivity index (χ3n) is 4.74. The molecule has 5 aromatic rings. The van der Waals surface area contributed by atoms with Crippen LogP contribution < -0.4 is 4.74 Å². The van der Waals surface area contributed by atoms with Crippen molar-refractivity contribution in [2.75, 3.05) is 7.11 Å². The first-order valence-electron chi connectivity index (χ1n) is 7.85. The van der Waals surface area contributed by atoms with Crippen molar-refractivity contribution in [1.82, 2.24) is 4.98 Å². The molecule has 0 aliphatic rings. The van der Waals surface area contributed by atoms with E-state index in [4.69, 9.17) is 16.3 Å². The molecule has 0 fully saturated rings. The van der Waals surface area contributed by atoms with Crippen LogP contribution in [0.3, 0.4) is 0 Å². The predicted octanol–water partition coefficient (Wildman–Crippen LogP) is 6.29. The molecule has 4 aromatic carbocycles. The number of para-hydroxylation sites is 1. The van der Waals surface area contributed by atoms with E-state index in [9.17, 15) is 0 Å². The smallest absolute Gasteiger partial charge is 0.119 e. The van der Waals surface area contributed by atoms with Crippen LogP contribution in [0.5, 0.6) is 5.75 Å². The summed E-state index contributed by atoms with van der Waals surface area (Å²) in [5.74, 6) is 0.847. The maximum Gasteiger partial charge on any atom is 0.119 e. The van der Waals surface area contributed by atoms with Gasteiger partial charge in [0.15, 0.2) is 0 Å². The lowest BCUT2D eigenvalue weighted by atomic mass is 9.96. The van der Waals surface area contributed by atoms with Gasteiger partial charge in [0.1, 0.15) is 5.75 Å². The van der Waals surface area contributed by atoms with Crippen LogP contribution in [0.25, 0.3) is 43.4 Å². The Labute approximate surface area is 143 Å². The van der Waals surface area contributed by atoms with Crippen LogP contribution >= 0.6 is 11.6 Å². The number of aromatic nitrogens is 1. The van der Waals surface area contributed by atoms with E-state index in [0.717, 1.165) is 32.6 Å². The molecule has 5 rings (SSSR count). The van der Waals surface area contributed by atoms with E-state index in [1.54, 1.807) is 7.11 Å². The van der Waals surface area contributed by atoms with E-state index in [1.165, 1.54) is 21.5 Å². The molecule has 0 atom stereocenters. The number of rotatable bonds is 1. The normalized spacial score (nSPS) is 11.8. The quantitative estimate of drug-likeness (QED) is 0.359. The Hall–Kier alpha value is -2.71. The van der Waals surface area contributed by atoms with Crippen molar-refractivity contribution in [3.63, 3.8) is 0 Å². The third-order valence-corrected chi connectivity index (χ3v) is 4.98. The highest BCUT2D eigenvalue weighted by atomic mass is 35.5. The molecular weight excluding hydrogens is 318 g/mol. The van der Waals surface area contributed by atoms with Crippen molar-refractivity contribution in [3.05, 3.63) is 65.7 Å². The summed E-state index contributed by atoms with van der Waals surface area (Å²) in [6.45, 7) is 0. The van der Waals surface area contributed by atoms with E-state index in [0.29, 0.717) is 0 Å². The van der Waals surface area contributed by atoms with Gasteiger partial charge in [-0.3, -0.25) is 0 Å². The van der Waals surface area contributed by atoms with Crippen LogP contribution in [0.4, 0.5) is 0 Å². The molecule has 0 aliphatic carbocycles. The SMILES string of the molecule is COc1ccc2c(c1)c1cc(Cl)ccc1c1c3ccccc3[nH]c21. The topological polar surface area (TPSA) is 25.0 Å². The van der Waals surface area contributed by atoms with E-state index in [2.05, 4.69) is 47.4 Å². The standard InChI is InChI=1S/C21H14ClNO/c1-24-13-7-9-15-18(11-13)17-10-12(22)6-8-14(17)20-16-4-2-3-5-19(16)23-21(15)20/h2-11,23H,1H3. The van der Waals surface area contributed by atoms with Crippen molar-refractivity contribution in [2.45, 2.75) is 0 Å². The fourth-order valence-electron chi connectivity index (χ4n) is 3.67. The Morgan fingerprint density at radius 1 is 0.792 bits per heavy atom. The van der Waals surface area contributed by atoms with Gasteiger partial charge < -0.3 is 9.72 Å². The molecular formula is C21H14ClNO. The van der Waals surface area contributed by atoms with Gasteiger partial charge in [-0.1, -0.05) is 35.9 Å². The van der Waals surface area contributed by atoms with Crippen LogP contribution in [-0.2, 0) is 0 Å². The number of nitrogens with one attached hydrogen (secondary N) is 1. The number of aromatic amines is 1. The molecule has 1 N–H and O–H groups in total. The summed E-state index contributed by atoms with van der Waals surface area (Å²) in [5, 5.41) is 7.89. The molecule has 116 valence electrons. The zero-order valence-corrected chi connectivity index (χ0v) is 13.8. The maximum absolute atomic E-state index is 6.30. The molecule has 2 nitrogen and oxygen atoms in total. The lowest BCUT2D eigenvalue weighted by molar-refractivity contribution is 0.415. The Balaban J connectivity index is 2.15. The molecule has 0 amide bonds. The van der Waals surface area contributed by atoms with Crippen molar-refractivity contribution in [1.29, 1.82) is 0 Å². The van der Waals surface area contributed by atoms with Crippen LogP contribution in [0.2, 0.25) is 5.02 Å². The summed E-state index contributed by atoms with van der Waals surface area (Å²) in [5.41, 5.74) is 2.30. The average molecular weight is 332 g/mol. The molecule has 0 spiro atoms. The molecule has 24 heavy (non-hydrogen) atoms. The van der Waals surface area contributed by atoms with Gasteiger partial charge in [-0.2, -0.15) is 0 Å². The highest BCUT2D eigenvalue weighted by Gasteiger charge is 2.14. The Morgan fingerprint density at radius 3 is 2.46 bits per heavy atom. The largest absolute Gasteiger partial charge is 0.497 e. The average Bonchev–Trinajstić information content (AvgIpc) is 3.01. The van der Waals surface area contributed by atoms with Crippen molar-refractivity contribution in [2.24, 2.45) is 0 Å². The van der Waals surface area contributed by atoms with Crippen LogP contribution in [0, 0.1) is 0 Å². The predicted molar refractivity (Wildman–Crippen MR) is 102 cm³/mol. The van der Waals surface area contributed by atoms with Gasteiger partial charge in [0.2, 0.25) is 0 Å². The summed E-state index contributed by atoms with van der Waals surface area (Å²) in [6, 6.07) is 20.7. The van der Waals surface area contributed by atoms with Gasteiger partial charge in [0, 0.05) is 26.7 Å². The number of hydrogen-bond donors (Lipinski definition) is 1. The first-order chi connectivity index (χ1) is 11.8. The molecule has 0 radical (unpaired) electrons. The van der Waals surface area contributed by atoms with Crippen molar-refractivity contribution < 1.29 is 4.74 Å². The molecule has 0 aliphatic heterocycles. The maximum atomic E-state index is 6.30. The molecule has 3 heteroatoms. The molecule has 1 aromatic heterocycles. The van der Waals surface area contributed by atoms with Crippen molar-refractivity contribution in [3.8, 4) is 5.75 Å². The van der Waals surface area contributed by atoms with Gasteiger partial charge in [-0.25, -0.2) is 0 Å². The summed E-state index contributed by atoms with van der Waals surface area (Å²) < 4.78 is 5.43. The van der Waals surface area contributed by atoms with Gasteiger partial charge in [-0.15, -0.1) is 0 Å². The minimum Gasteiger partial charge on any atom is -0.497 e. The number of ether oxygens (including phenoxy) is 1. The third kappa shape index (κ3) is 1.78. The first-order valence-corrected chi connectivity index (χ1v) is 8.23. The summed E-state index contributed by atoms with van der Waals surface area (Å²) in [7, 11) is 1.69. The molecule has 0 bridgehead atoms. The first kappa shape index (κ1) is 13.7. The van der Waals surface area contributed by atoms with Gasteiger partial charge in [-0.05, 0) is 52.6 Å². The highest BCUT2D eigenvalue weighted by molar-refractivity contribution is 6.35. The highest BCUT2D eigenvalue weighted by Crippen LogP contribution is 2.40. The monoisotopic (exact) mass is 331 g/mol. The lowest BCUT2D eigenvalue weighted by Crippen LogP contribution is -1.85. The zero-order valence-electron chi connectivity index (χ0n) is 13.1. The van der Waals surface area contributed by atoms with E-state index in [-0.39, 0.29) is 0 Å². The molecule has 0 saturated carbocycles. The molecule has 0 saturated heterocycles. The fraction of sp³-hybridized carbons (Fsp3) is 0.0476. The van der Waals surface area contributed by atoms with Crippen molar-refractivity contribution >= 4 is 55.0 Å². The Bertz CT molecular complexity index is 1250. The van der Waals surface area contributed by atoms with E-state index >= 15 is 0 Å².